The van der Waals surface area contributed by atoms with Crippen molar-refractivity contribution in [2.75, 3.05) is 6.54 Å². The highest BCUT2D eigenvalue weighted by Crippen LogP contribution is 2.22. The van der Waals surface area contributed by atoms with Crippen LogP contribution in [0.25, 0.3) is 0 Å². The first-order chi connectivity index (χ1) is 8.00. The minimum absolute atomic E-state index is 0.274. The summed E-state index contributed by atoms with van der Waals surface area (Å²) in [7, 11) is 1.71. The highest BCUT2D eigenvalue weighted by atomic mass is 35.5. The molecule has 0 aromatic carbocycles. The monoisotopic (exact) mass is 256 g/mol. The topological polar surface area (TPSA) is 62.5 Å². The predicted molar refractivity (Wildman–Crippen MR) is 62.1 cm³/mol. The zero-order valence-electron chi connectivity index (χ0n) is 9.39. The van der Waals surface area contributed by atoms with Crippen LogP contribution in [0.15, 0.2) is 12.3 Å². The number of aryl methyl sites for hydroxylation is 1. The number of aliphatic carboxylic acids is 1. The molecule has 5 nitrogen and oxygen atoms in total. The summed E-state index contributed by atoms with van der Waals surface area (Å²) in [6, 6.07) is 0.845. The molecule has 1 saturated heterocycles. The van der Waals surface area contributed by atoms with Crippen molar-refractivity contribution in [3.8, 4) is 0 Å². The first-order valence-electron chi connectivity index (χ1n) is 5.36. The summed E-state index contributed by atoms with van der Waals surface area (Å²) >= 11 is 5.81. The lowest BCUT2D eigenvalue weighted by Gasteiger charge is -2.21. The Morgan fingerprint density at radius 1 is 1.53 bits per heavy atom. The third kappa shape index (κ3) is 2.15. The standard InChI is InChI=1S/C11H13ClN2O3/c1-13-6-7(12)5-9(13)10(15)14-4-2-3-8(14)11(16)17/h5-6,8H,2-4H2,1H3,(H,16,17)/t8-/m1/s1. The van der Waals surface area contributed by atoms with Gasteiger partial charge in [-0.1, -0.05) is 11.6 Å². The molecule has 0 unspecified atom stereocenters. The molecule has 1 aromatic heterocycles. The lowest BCUT2D eigenvalue weighted by atomic mass is 10.2. The van der Waals surface area contributed by atoms with Crippen molar-refractivity contribution in [3.63, 3.8) is 0 Å². The molecule has 1 fully saturated rings. The molecule has 0 saturated carbocycles. The van der Waals surface area contributed by atoms with Gasteiger partial charge in [-0.05, 0) is 18.9 Å². The predicted octanol–water partition coefficient (Wildman–Crippen LogP) is 1.37. The molecule has 0 radical (unpaired) electrons. The molecule has 1 amide bonds. The average Bonchev–Trinajstić information content (AvgIpc) is 2.83. The van der Waals surface area contributed by atoms with Gasteiger partial charge in [0.2, 0.25) is 0 Å². The minimum Gasteiger partial charge on any atom is -0.480 e. The fourth-order valence-corrected chi connectivity index (χ4v) is 2.40. The van der Waals surface area contributed by atoms with Gasteiger partial charge in [0.1, 0.15) is 11.7 Å². The summed E-state index contributed by atoms with van der Waals surface area (Å²) in [5.74, 6) is -1.22. The van der Waals surface area contributed by atoms with Gasteiger partial charge in [0.15, 0.2) is 0 Å². The highest BCUT2D eigenvalue weighted by Gasteiger charge is 2.35. The van der Waals surface area contributed by atoms with E-state index in [0.717, 1.165) is 6.42 Å². The zero-order valence-corrected chi connectivity index (χ0v) is 10.1. The summed E-state index contributed by atoms with van der Waals surface area (Å²) in [6.07, 6.45) is 2.86. The number of carbonyl (C=O) groups is 2. The number of halogens is 1. The van der Waals surface area contributed by atoms with Crippen LogP contribution in [0.5, 0.6) is 0 Å². The van der Waals surface area contributed by atoms with E-state index in [1.54, 1.807) is 23.9 Å². The number of carbonyl (C=O) groups excluding carboxylic acids is 1. The van der Waals surface area contributed by atoms with E-state index < -0.39 is 12.0 Å². The Morgan fingerprint density at radius 2 is 2.24 bits per heavy atom. The first-order valence-corrected chi connectivity index (χ1v) is 5.74. The Kier molecular flexibility index (Phi) is 3.11. The number of aromatic nitrogens is 1. The molecule has 17 heavy (non-hydrogen) atoms. The summed E-state index contributed by atoms with van der Waals surface area (Å²) in [4.78, 5) is 24.6. The Labute approximate surface area is 104 Å². The van der Waals surface area contributed by atoms with Gasteiger partial charge >= 0.3 is 5.97 Å². The minimum atomic E-state index is -0.948. The lowest BCUT2D eigenvalue weighted by molar-refractivity contribution is -0.141. The third-order valence-corrected chi connectivity index (χ3v) is 3.20. The van der Waals surface area contributed by atoms with Gasteiger partial charge in [-0.15, -0.1) is 0 Å². The Morgan fingerprint density at radius 3 is 2.76 bits per heavy atom. The molecule has 1 N–H and O–H groups in total. The van der Waals surface area contributed by atoms with Crippen LogP contribution in [0.1, 0.15) is 23.3 Å². The summed E-state index contributed by atoms with van der Waals surface area (Å²) in [5.41, 5.74) is 0.420. The maximum Gasteiger partial charge on any atom is 0.326 e. The second-order valence-electron chi connectivity index (χ2n) is 4.15. The molecule has 92 valence electrons. The summed E-state index contributed by atoms with van der Waals surface area (Å²) in [6.45, 7) is 0.485. The number of hydrogen-bond donors (Lipinski definition) is 1. The van der Waals surface area contributed by atoms with Crippen LogP contribution in [-0.2, 0) is 11.8 Å². The van der Waals surface area contributed by atoms with E-state index in [0.29, 0.717) is 23.7 Å². The van der Waals surface area contributed by atoms with Crippen LogP contribution < -0.4 is 0 Å². The molecule has 0 aliphatic carbocycles. The van der Waals surface area contributed by atoms with Gasteiger partial charge in [-0.2, -0.15) is 0 Å². The van der Waals surface area contributed by atoms with Crippen molar-refractivity contribution in [1.82, 2.24) is 9.47 Å². The van der Waals surface area contributed by atoms with E-state index >= 15 is 0 Å². The van der Waals surface area contributed by atoms with Crippen molar-refractivity contribution in [1.29, 1.82) is 0 Å². The molecule has 1 aliphatic rings. The van der Waals surface area contributed by atoms with Crippen molar-refractivity contribution < 1.29 is 14.7 Å². The van der Waals surface area contributed by atoms with Crippen molar-refractivity contribution in [3.05, 3.63) is 23.0 Å². The van der Waals surface area contributed by atoms with Crippen LogP contribution in [0.2, 0.25) is 5.02 Å². The van der Waals surface area contributed by atoms with Gasteiger partial charge in [0, 0.05) is 19.8 Å². The zero-order chi connectivity index (χ0) is 12.6. The van der Waals surface area contributed by atoms with Crippen LogP contribution in [0.3, 0.4) is 0 Å². The number of hydrogen-bond acceptors (Lipinski definition) is 2. The van der Waals surface area contributed by atoms with Crippen LogP contribution in [-0.4, -0.2) is 39.0 Å². The molecule has 6 heteroatoms. The van der Waals surface area contributed by atoms with E-state index in [1.165, 1.54) is 4.90 Å². The van der Waals surface area contributed by atoms with E-state index in [9.17, 15) is 9.59 Å². The van der Waals surface area contributed by atoms with Gasteiger partial charge < -0.3 is 14.6 Å². The average molecular weight is 257 g/mol. The van der Waals surface area contributed by atoms with Crippen molar-refractivity contribution in [2.24, 2.45) is 7.05 Å². The second-order valence-corrected chi connectivity index (χ2v) is 4.59. The number of rotatable bonds is 2. The maximum atomic E-state index is 12.2. The number of likely N-dealkylation sites (tertiary alicyclic amines) is 1. The normalized spacial score (nSPS) is 19.6. The van der Waals surface area contributed by atoms with E-state index in [2.05, 4.69) is 0 Å². The fourth-order valence-electron chi connectivity index (χ4n) is 2.15. The molecule has 2 rings (SSSR count). The molecule has 0 spiro atoms. The second kappa shape index (κ2) is 4.41. The summed E-state index contributed by atoms with van der Waals surface area (Å²) < 4.78 is 1.61. The lowest BCUT2D eigenvalue weighted by Crippen LogP contribution is -2.41. The molecule has 1 atom stereocenters. The Hall–Kier alpha value is -1.49. The third-order valence-electron chi connectivity index (χ3n) is 2.99. The van der Waals surface area contributed by atoms with Gasteiger partial charge in [0.05, 0.1) is 5.02 Å². The van der Waals surface area contributed by atoms with Crippen LogP contribution in [0, 0.1) is 0 Å². The maximum absolute atomic E-state index is 12.2. The van der Waals surface area contributed by atoms with E-state index in [1.807, 2.05) is 0 Å². The number of carboxylic acids is 1. The number of carboxylic acid groups (broad SMARTS) is 1. The van der Waals surface area contributed by atoms with Crippen LogP contribution >= 0.6 is 11.6 Å². The van der Waals surface area contributed by atoms with Gasteiger partial charge in [-0.3, -0.25) is 4.79 Å². The molecule has 0 bridgehead atoms. The van der Waals surface area contributed by atoms with E-state index in [-0.39, 0.29) is 5.91 Å². The van der Waals surface area contributed by atoms with Gasteiger partial charge in [0.25, 0.3) is 5.91 Å². The Balaban J connectivity index is 2.25. The van der Waals surface area contributed by atoms with E-state index in [4.69, 9.17) is 16.7 Å². The van der Waals surface area contributed by atoms with Crippen LogP contribution in [0.4, 0.5) is 0 Å². The van der Waals surface area contributed by atoms with Gasteiger partial charge in [-0.25, -0.2) is 4.79 Å². The molecular formula is C11H13ClN2O3. The fraction of sp³-hybridized carbons (Fsp3) is 0.455. The number of amides is 1. The summed E-state index contributed by atoms with van der Waals surface area (Å²) in [5, 5.41) is 9.50. The molecule has 2 heterocycles. The first kappa shape index (κ1) is 12.0. The largest absolute Gasteiger partial charge is 0.480 e. The van der Waals surface area contributed by atoms with Crippen molar-refractivity contribution in [2.45, 2.75) is 18.9 Å². The number of nitrogens with zero attached hydrogens (tertiary/aromatic N) is 2. The van der Waals surface area contributed by atoms with Crippen molar-refractivity contribution >= 4 is 23.5 Å². The molecule has 1 aliphatic heterocycles. The SMILES string of the molecule is Cn1cc(Cl)cc1C(=O)N1CCC[C@@H]1C(=O)O. The molecular weight excluding hydrogens is 244 g/mol. The smallest absolute Gasteiger partial charge is 0.326 e. The molecule has 1 aromatic rings. The highest BCUT2D eigenvalue weighted by molar-refractivity contribution is 6.31. The Bertz CT molecular complexity index is 469. The quantitative estimate of drug-likeness (QED) is 0.869.